The summed E-state index contributed by atoms with van der Waals surface area (Å²) >= 11 is 0. The molecule has 0 atom stereocenters. The molecule has 0 heterocycles. The number of hydrogen-bond acceptors (Lipinski definition) is 3. The van der Waals surface area contributed by atoms with E-state index in [9.17, 15) is 18.8 Å². The molecule has 0 saturated carbocycles. The van der Waals surface area contributed by atoms with Gasteiger partial charge in [-0.2, -0.15) is 0 Å². The lowest BCUT2D eigenvalue weighted by atomic mass is 9.98. The molecule has 3 aromatic rings. The first-order valence-electron chi connectivity index (χ1n) is 8.52. The largest absolute Gasteiger partial charge is 0.366 e. The van der Waals surface area contributed by atoms with Crippen molar-refractivity contribution in [3.8, 4) is 0 Å². The van der Waals surface area contributed by atoms with E-state index in [0.29, 0.717) is 11.1 Å². The molecule has 0 bridgehead atoms. The van der Waals surface area contributed by atoms with Crippen LogP contribution in [0.2, 0.25) is 0 Å². The molecule has 0 radical (unpaired) electrons. The average Bonchev–Trinajstić information content (AvgIpc) is 2.72. The van der Waals surface area contributed by atoms with Gasteiger partial charge >= 0.3 is 0 Å². The Bertz CT molecular complexity index is 1050. The zero-order valence-corrected chi connectivity index (χ0v) is 14.8. The number of rotatable bonds is 6. The molecule has 28 heavy (non-hydrogen) atoms. The highest BCUT2D eigenvalue weighted by Crippen LogP contribution is 2.16. The molecule has 2 amide bonds. The van der Waals surface area contributed by atoms with Gasteiger partial charge in [0, 0.05) is 23.2 Å². The van der Waals surface area contributed by atoms with Crippen molar-refractivity contribution in [3.63, 3.8) is 0 Å². The number of carbonyl (C=O) groups excluding carboxylic acids is 3. The lowest BCUT2D eigenvalue weighted by molar-refractivity contribution is 0.0939. The number of amides is 2. The van der Waals surface area contributed by atoms with Crippen LogP contribution in [-0.4, -0.2) is 17.6 Å². The van der Waals surface area contributed by atoms with Crippen molar-refractivity contribution in [2.45, 2.75) is 6.54 Å². The molecule has 5 nitrogen and oxygen atoms in total. The second-order valence-electron chi connectivity index (χ2n) is 6.13. The zero-order chi connectivity index (χ0) is 20.1. The quantitative estimate of drug-likeness (QED) is 0.648. The fourth-order valence-corrected chi connectivity index (χ4v) is 2.75. The minimum atomic E-state index is -0.552. The third-order valence-corrected chi connectivity index (χ3v) is 4.19. The highest BCUT2D eigenvalue weighted by molar-refractivity contribution is 6.15. The number of carbonyl (C=O) groups is 3. The van der Waals surface area contributed by atoms with Crippen molar-refractivity contribution < 1.29 is 18.8 Å². The van der Waals surface area contributed by atoms with E-state index in [1.807, 2.05) is 0 Å². The van der Waals surface area contributed by atoms with Crippen molar-refractivity contribution >= 4 is 17.6 Å². The number of nitrogens with one attached hydrogen (secondary N) is 1. The maximum absolute atomic E-state index is 13.1. The van der Waals surface area contributed by atoms with E-state index in [2.05, 4.69) is 5.32 Å². The van der Waals surface area contributed by atoms with Crippen molar-refractivity contribution in [2.24, 2.45) is 5.73 Å². The maximum atomic E-state index is 13.1. The van der Waals surface area contributed by atoms with Crippen molar-refractivity contribution in [3.05, 3.63) is 106 Å². The molecule has 0 aromatic heterocycles. The highest BCUT2D eigenvalue weighted by Gasteiger charge is 2.18. The van der Waals surface area contributed by atoms with Crippen LogP contribution >= 0.6 is 0 Å². The molecule has 0 aliphatic heterocycles. The van der Waals surface area contributed by atoms with Gasteiger partial charge < -0.3 is 11.1 Å². The van der Waals surface area contributed by atoms with Gasteiger partial charge in [-0.15, -0.1) is 0 Å². The Morgan fingerprint density at radius 1 is 0.821 bits per heavy atom. The summed E-state index contributed by atoms with van der Waals surface area (Å²) in [5.74, 6) is -1.80. The first kappa shape index (κ1) is 19.0. The SMILES string of the molecule is NC(=O)c1cccc(CNC(=O)c2ccccc2C(=O)c2ccc(F)cc2)c1. The van der Waals surface area contributed by atoms with Gasteiger partial charge in [0.2, 0.25) is 5.91 Å². The Balaban J connectivity index is 1.79. The molecule has 3 N–H and O–H groups in total. The van der Waals surface area contributed by atoms with Gasteiger partial charge in [-0.3, -0.25) is 14.4 Å². The molecule has 0 spiro atoms. The van der Waals surface area contributed by atoms with Gasteiger partial charge in [-0.05, 0) is 48.0 Å². The van der Waals surface area contributed by atoms with Gasteiger partial charge in [0.15, 0.2) is 5.78 Å². The zero-order valence-electron chi connectivity index (χ0n) is 14.8. The predicted molar refractivity (Wildman–Crippen MR) is 102 cm³/mol. The second kappa shape index (κ2) is 8.26. The van der Waals surface area contributed by atoms with E-state index < -0.39 is 17.6 Å². The maximum Gasteiger partial charge on any atom is 0.252 e. The van der Waals surface area contributed by atoms with Crippen LogP contribution in [0, 0.1) is 5.82 Å². The molecule has 140 valence electrons. The Hall–Kier alpha value is -3.80. The predicted octanol–water partition coefficient (Wildman–Crippen LogP) is 3.09. The fourth-order valence-electron chi connectivity index (χ4n) is 2.75. The number of benzene rings is 3. The molecule has 0 fully saturated rings. The third-order valence-electron chi connectivity index (χ3n) is 4.19. The fraction of sp³-hybridized carbons (Fsp3) is 0.0455. The van der Waals surface area contributed by atoms with E-state index in [1.165, 1.54) is 24.3 Å². The van der Waals surface area contributed by atoms with E-state index in [1.54, 1.807) is 48.5 Å². The van der Waals surface area contributed by atoms with Crippen molar-refractivity contribution in [1.29, 1.82) is 0 Å². The third kappa shape index (κ3) is 4.29. The molecule has 3 rings (SSSR count). The lowest BCUT2D eigenvalue weighted by Crippen LogP contribution is -2.25. The van der Waals surface area contributed by atoms with E-state index in [4.69, 9.17) is 5.73 Å². The van der Waals surface area contributed by atoms with Crippen LogP contribution in [-0.2, 0) is 6.54 Å². The number of nitrogens with two attached hydrogens (primary N) is 1. The molecular weight excluding hydrogens is 359 g/mol. The molecule has 0 aliphatic carbocycles. The number of halogens is 1. The first-order valence-corrected chi connectivity index (χ1v) is 8.52. The minimum absolute atomic E-state index is 0.166. The highest BCUT2D eigenvalue weighted by atomic mass is 19.1. The van der Waals surface area contributed by atoms with E-state index >= 15 is 0 Å². The van der Waals surface area contributed by atoms with Gasteiger partial charge in [0.1, 0.15) is 5.82 Å². The van der Waals surface area contributed by atoms with Crippen LogP contribution in [0.5, 0.6) is 0 Å². The Kier molecular flexibility index (Phi) is 5.60. The summed E-state index contributed by atoms with van der Waals surface area (Å²) in [6.45, 7) is 0.166. The number of hydrogen-bond donors (Lipinski definition) is 2. The Morgan fingerprint density at radius 3 is 2.18 bits per heavy atom. The monoisotopic (exact) mass is 376 g/mol. The average molecular weight is 376 g/mol. The summed E-state index contributed by atoms with van der Waals surface area (Å²) in [5, 5.41) is 2.73. The summed E-state index contributed by atoms with van der Waals surface area (Å²) < 4.78 is 13.1. The number of ketones is 1. The smallest absolute Gasteiger partial charge is 0.252 e. The molecule has 0 aliphatic rings. The summed E-state index contributed by atoms with van der Waals surface area (Å²) in [6.07, 6.45) is 0. The van der Waals surface area contributed by atoms with Gasteiger partial charge in [0.05, 0.1) is 5.56 Å². The van der Waals surface area contributed by atoms with Crippen LogP contribution in [0.3, 0.4) is 0 Å². The minimum Gasteiger partial charge on any atom is -0.366 e. The topological polar surface area (TPSA) is 89.3 Å². The summed E-state index contributed by atoms with van der Waals surface area (Å²) in [5.41, 5.74) is 7.03. The summed E-state index contributed by atoms with van der Waals surface area (Å²) in [6, 6.07) is 18.2. The molecule has 0 unspecified atom stereocenters. The van der Waals surface area contributed by atoms with Gasteiger partial charge in [0.25, 0.3) is 5.91 Å². The van der Waals surface area contributed by atoms with Gasteiger partial charge in [-0.25, -0.2) is 4.39 Å². The summed E-state index contributed by atoms with van der Waals surface area (Å²) in [7, 11) is 0. The van der Waals surface area contributed by atoms with Crippen molar-refractivity contribution in [2.75, 3.05) is 0 Å². The van der Waals surface area contributed by atoms with E-state index in [-0.39, 0.29) is 29.0 Å². The first-order chi connectivity index (χ1) is 13.5. The van der Waals surface area contributed by atoms with Crippen LogP contribution in [0.1, 0.15) is 42.2 Å². The molecule has 6 heteroatoms. The number of primary amides is 1. The lowest BCUT2D eigenvalue weighted by Gasteiger charge is -2.10. The van der Waals surface area contributed by atoms with Crippen LogP contribution < -0.4 is 11.1 Å². The molecule has 3 aromatic carbocycles. The second-order valence-corrected chi connectivity index (χ2v) is 6.13. The van der Waals surface area contributed by atoms with E-state index in [0.717, 1.165) is 0 Å². The van der Waals surface area contributed by atoms with Crippen LogP contribution in [0.25, 0.3) is 0 Å². The molecule has 0 saturated heterocycles. The van der Waals surface area contributed by atoms with Crippen LogP contribution in [0.15, 0.2) is 72.8 Å². The normalized spacial score (nSPS) is 10.3. The van der Waals surface area contributed by atoms with Crippen LogP contribution in [0.4, 0.5) is 4.39 Å². The van der Waals surface area contributed by atoms with Crippen molar-refractivity contribution in [1.82, 2.24) is 5.32 Å². The Labute approximate surface area is 161 Å². The van der Waals surface area contributed by atoms with Gasteiger partial charge in [-0.1, -0.05) is 30.3 Å². The Morgan fingerprint density at radius 2 is 1.50 bits per heavy atom. The molecular formula is C22H17FN2O3. The summed E-state index contributed by atoms with van der Waals surface area (Å²) in [4.78, 5) is 36.6. The standard InChI is InChI=1S/C22H17FN2O3/c23-17-10-8-15(9-11-17)20(26)18-6-1-2-7-19(18)22(28)25-13-14-4-3-5-16(12-14)21(24)27/h1-12H,13H2,(H2,24,27)(H,25,28).